The molecule has 1 aromatic carbocycles. The summed E-state index contributed by atoms with van der Waals surface area (Å²) in [6.45, 7) is -0.487. The number of likely N-dealkylation sites (N-methyl/N-ethyl adjacent to an activating group) is 1. The third-order valence-corrected chi connectivity index (χ3v) is 6.45. The van der Waals surface area contributed by atoms with Crippen LogP contribution in [0.1, 0.15) is 0 Å². The first kappa shape index (κ1) is 20.5. The van der Waals surface area contributed by atoms with E-state index >= 15 is 0 Å². The van der Waals surface area contributed by atoms with Crippen molar-refractivity contribution in [3.63, 3.8) is 0 Å². The van der Waals surface area contributed by atoms with Gasteiger partial charge in [-0.3, -0.25) is 4.79 Å². The predicted octanol–water partition coefficient (Wildman–Crippen LogP) is 3.56. The quantitative estimate of drug-likeness (QED) is 0.763. The predicted molar refractivity (Wildman–Crippen MR) is 90.9 cm³/mol. The smallest absolute Gasteiger partial charge is 0.406 e. The first-order valence-electron chi connectivity index (χ1n) is 6.85. The number of halogens is 4. The maximum absolute atomic E-state index is 12.3. The molecule has 0 aliphatic carbocycles. The van der Waals surface area contributed by atoms with Gasteiger partial charge < -0.3 is 10.1 Å². The lowest BCUT2D eigenvalue weighted by molar-refractivity contribution is -0.274. The van der Waals surface area contributed by atoms with Gasteiger partial charge in [-0.15, -0.1) is 24.5 Å². The highest BCUT2D eigenvalue weighted by molar-refractivity contribution is 7.91. The molecule has 0 radical (unpaired) electrons. The number of rotatable bonds is 6. The number of ether oxygens (including phenoxy) is 1. The number of hydrogen-bond donors (Lipinski definition) is 1. The van der Waals surface area contributed by atoms with Crippen molar-refractivity contribution in [1.82, 2.24) is 4.31 Å². The number of amides is 1. The second kappa shape index (κ2) is 7.82. The molecule has 0 atom stereocenters. The van der Waals surface area contributed by atoms with Gasteiger partial charge in [0.05, 0.1) is 10.9 Å². The van der Waals surface area contributed by atoms with Gasteiger partial charge in [-0.1, -0.05) is 11.6 Å². The third-order valence-electron chi connectivity index (χ3n) is 2.95. The van der Waals surface area contributed by atoms with Crippen LogP contribution in [0.3, 0.4) is 0 Å². The van der Waals surface area contributed by atoms with E-state index in [-0.39, 0.29) is 9.90 Å². The van der Waals surface area contributed by atoms with E-state index in [2.05, 4.69) is 10.1 Å². The van der Waals surface area contributed by atoms with Gasteiger partial charge in [0.25, 0.3) is 10.0 Å². The summed E-state index contributed by atoms with van der Waals surface area (Å²) in [6, 6.07) is 7.21. The Morgan fingerprint density at radius 1 is 1.23 bits per heavy atom. The van der Waals surface area contributed by atoms with Gasteiger partial charge in [0.2, 0.25) is 5.91 Å². The van der Waals surface area contributed by atoms with Crippen molar-refractivity contribution in [2.24, 2.45) is 0 Å². The molecule has 0 saturated heterocycles. The summed E-state index contributed by atoms with van der Waals surface area (Å²) < 4.78 is 65.7. The van der Waals surface area contributed by atoms with Crippen molar-refractivity contribution >= 4 is 44.6 Å². The molecule has 1 aromatic heterocycles. The molecule has 1 amide bonds. The van der Waals surface area contributed by atoms with Gasteiger partial charge in [-0.05, 0) is 36.4 Å². The number of carbonyl (C=O) groups is 1. The highest BCUT2D eigenvalue weighted by Crippen LogP contribution is 2.27. The number of thiophene rings is 1. The molecule has 6 nitrogen and oxygen atoms in total. The lowest BCUT2D eigenvalue weighted by Crippen LogP contribution is -2.34. The fourth-order valence-electron chi connectivity index (χ4n) is 1.82. The number of nitrogens with zero attached hydrogens (tertiary/aromatic N) is 1. The summed E-state index contributed by atoms with van der Waals surface area (Å²) in [4.78, 5) is 12.0. The van der Waals surface area contributed by atoms with E-state index in [1.807, 2.05) is 0 Å². The van der Waals surface area contributed by atoms with Crippen LogP contribution in [0.5, 0.6) is 5.75 Å². The molecular weight excluding hydrogens is 417 g/mol. The number of alkyl halides is 3. The third kappa shape index (κ3) is 5.59. The summed E-state index contributed by atoms with van der Waals surface area (Å²) in [6.07, 6.45) is -4.81. The van der Waals surface area contributed by atoms with Crippen LogP contribution in [0.25, 0.3) is 0 Å². The Labute approximate surface area is 156 Å². The molecule has 12 heteroatoms. The summed E-state index contributed by atoms with van der Waals surface area (Å²) in [5.41, 5.74) is 0.189. The zero-order chi connectivity index (χ0) is 19.5. The first-order valence-corrected chi connectivity index (χ1v) is 9.48. The maximum Gasteiger partial charge on any atom is 0.573 e. The van der Waals surface area contributed by atoms with Crippen LogP contribution in [0.15, 0.2) is 40.6 Å². The second-order valence-electron chi connectivity index (χ2n) is 4.94. The number of benzene rings is 1. The number of anilines is 1. The number of hydrogen-bond acceptors (Lipinski definition) is 5. The summed E-state index contributed by atoms with van der Waals surface area (Å²) in [7, 11) is -2.65. The minimum Gasteiger partial charge on any atom is -0.406 e. The van der Waals surface area contributed by atoms with Crippen molar-refractivity contribution in [3.05, 3.63) is 40.7 Å². The van der Waals surface area contributed by atoms with Gasteiger partial charge in [-0.25, -0.2) is 8.42 Å². The molecule has 0 aliphatic heterocycles. The van der Waals surface area contributed by atoms with Crippen LogP contribution in [0, 0.1) is 0 Å². The summed E-state index contributed by atoms with van der Waals surface area (Å²) in [5, 5.41) is 2.39. The van der Waals surface area contributed by atoms with E-state index in [4.69, 9.17) is 11.6 Å². The summed E-state index contributed by atoms with van der Waals surface area (Å²) in [5.74, 6) is -1.10. The average Bonchev–Trinajstić information content (AvgIpc) is 2.95. The first-order chi connectivity index (χ1) is 12.0. The van der Waals surface area contributed by atoms with Crippen LogP contribution in [0.2, 0.25) is 4.34 Å². The summed E-state index contributed by atoms with van der Waals surface area (Å²) >= 11 is 6.57. The Balaban J connectivity index is 1.98. The molecule has 1 heterocycles. The number of carbonyl (C=O) groups excluding carboxylic acids is 1. The van der Waals surface area contributed by atoms with Crippen LogP contribution >= 0.6 is 22.9 Å². The monoisotopic (exact) mass is 428 g/mol. The van der Waals surface area contributed by atoms with Crippen LogP contribution < -0.4 is 10.1 Å². The molecule has 0 aliphatic rings. The van der Waals surface area contributed by atoms with Gasteiger partial charge in [0.1, 0.15) is 9.96 Å². The SMILES string of the molecule is CN(CC(=O)Nc1ccc(OC(F)(F)F)cc1)S(=O)(=O)c1ccc(Cl)s1. The van der Waals surface area contributed by atoms with Crippen molar-refractivity contribution in [1.29, 1.82) is 0 Å². The molecule has 0 fully saturated rings. The Kier molecular flexibility index (Phi) is 6.17. The fraction of sp³-hybridized carbons (Fsp3) is 0.214. The Hall–Kier alpha value is -1.82. The van der Waals surface area contributed by atoms with E-state index in [9.17, 15) is 26.4 Å². The molecule has 0 unspecified atom stereocenters. The minimum absolute atomic E-state index is 0.00791. The van der Waals surface area contributed by atoms with Crippen molar-refractivity contribution in [2.45, 2.75) is 10.6 Å². The zero-order valence-electron chi connectivity index (χ0n) is 13.1. The van der Waals surface area contributed by atoms with Gasteiger partial charge in [-0.2, -0.15) is 4.31 Å². The highest BCUT2D eigenvalue weighted by Gasteiger charge is 2.31. The Bertz CT molecular complexity index is 882. The van der Waals surface area contributed by atoms with Crippen LogP contribution in [-0.2, 0) is 14.8 Å². The highest BCUT2D eigenvalue weighted by atomic mass is 35.5. The molecule has 2 aromatic rings. The number of sulfonamides is 1. The second-order valence-corrected chi connectivity index (χ2v) is 8.93. The fourth-order valence-corrected chi connectivity index (χ4v) is 4.64. The molecular formula is C14H12ClF3N2O4S2. The van der Waals surface area contributed by atoms with E-state index in [0.29, 0.717) is 4.34 Å². The molecule has 0 bridgehead atoms. The minimum atomic E-state index is -4.81. The standard InChI is InChI=1S/C14H12ClF3N2O4S2/c1-20(26(22,23)13-7-6-11(15)25-13)8-12(21)19-9-2-4-10(5-3-9)24-14(16,17)18/h2-7H,8H2,1H3,(H,19,21). The van der Waals surface area contributed by atoms with Crippen molar-refractivity contribution in [2.75, 3.05) is 18.9 Å². The lowest BCUT2D eigenvalue weighted by Gasteiger charge is -2.16. The Morgan fingerprint density at radius 3 is 2.35 bits per heavy atom. The topological polar surface area (TPSA) is 75.7 Å². The molecule has 0 saturated carbocycles. The van der Waals surface area contributed by atoms with E-state index < -0.39 is 34.6 Å². The van der Waals surface area contributed by atoms with Crippen molar-refractivity contribution in [3.8, 4) is 5.75 Å². The zero-order valence-corrected chi connectivity index (χ0v) is 15.5. The molecule has 0 spiro atoms. The molecule has 1 N–H and O–H groups in total. The van der Waals surface area contributed by atoms with E-state index in [1.165, 1.54) is 31.3 Å². The van der Waals surface area contributed by atoms with Gasteiger partial charge in [0.15, 0.2) is 0 Å². The largest absolute Gasteiger partial charge is 0.573 e. The Morgan fingerprint density at radius 2 is 1.85 bits per heavy atom. The van der Waals surface area contributed by atoms with E-state index in [0.717, 1.165) is 27.8 Å². The van der Waals surface area contributed by atoms with Crippen molar-refractivity contribution < 1.29 is 31.1 Å². The lowest BCUT2D eigenvalue weighted by atomic mass is 10.3. The van der Waals surface area contributed by atoms with Gasteiger partial charge >= 0.3 is 6.36 Å². The van der Waals surface area contributed by atoms with Gasteiger partial charge in [0, 0.05) is 12.7 Å². The average molecular weight is 429 g/mol. The molecule has 26 heavy (non-hydrogen) atoms. The number of nitrogens with one attached hydrogen (secondary N) is 1. The van der Waals surface area contributed by atoms with E-state index in [1.54, 1.807) is 0 Å². The van der Waals surface area contributed by atoms with Crippen LogP contribution in [0.4, 0.5) is 18.9 Å². The normalized spacial score (nSPS) is 12.2. The van der Waals surface area contributed by atoms with Crippen LogP contribution in [-0.4, -0.2) is 38.6 Å². The molecule has 142 valence electrons. The maximum atomic E-state index is 12.3. The molecule has 2 rings (SSSR count).